The van der Waals surface area contributed by atoms with Crippen LogP contribution in [0.15, 0.2) is 64.2 Å². The molecular weight excluding hydrogens is 424 g/mol. The fourth-order valence-corrected chi connectivity index (χ4v) is 4.70. The number of carbonyl (C=O) groups excluding carboxylic acids is 2. The monoisotopic (exact) mass is 450 g/mol. The minimum Gasteiger partial charge on any atom is -0.423 e. The van der Waals surface area contributed by atoms with Crippen LogP contribution < -0.4 is 10.6 Å². The summed E-state index contributed by atoms with van der Waals surface area (Å²) >= 11 is 1.38. The maximum absolute atomic E-state index is 12.9. The first-order valence-corrected chi connectivity index (χ1v) is 11.8. The van der Waals surface area contributed by atoms with Crippen LogP contribution in [0.4, 0.5) is 5.69 Å². The van der Waals surface area contributed by atoms with E-state index >= 15 is 0 Å². The third kappa shape index (κ3) is 5.97. The molecule has 8 heteroatoms. The second-order valence-corrected chi connectivity index (χ2v) is 8.89. The molecule has 3 aromatic rings. The maximum atomic E-state index is 12.9. The fourth-order valence-electron chi connectivity index (χ4n) is 3.82. The molecule has 1 fully saturated rings. The second kappa shape index (κ2) is 10.9. The summed E-state index contributed by atoms with van der Waals surface area (Å²) in [6, 6.07) is 14.5. The number of carbonyl (C=O) groups is 2. The predicted molar refractivity (Wildman–Crippen MR) is 124 cm³/mol. The summed E-state index contributed by atoms with van der Waals surface area (Å²) in [4.78, 5) is 25.9. The minimum absolute atomic E-state index is 0.00685. The Morgan fingerprint density at radius 2 is 1.81 bits per heavy atom. The number of rotatable bonds is 8. The van der Waals surface area contributed by atoms with Gasteiger partial charge in [-0.15, -0.1) is 22.0 Å². The van der Waals surface area contributed by atoms with Crippen molar-refractivity contribution in [1.29, 1.82) is 0 Å². The molecule has 1 saturated carbocycles. The summed E-state index contributed by atoms with van der Waals surface area (Å²) in [7, 11) is 0. The SMILES string of the molecule is O=C(CSc1ccccc1C(=O)Nc1ccc(-c2nnco2)cc1)NCC1CCCCC1. The van der Waals surface area contributed by atoms with Crippen molar-refractivity contribution in [3.63, 3.8) is 0 Å². The third-order valence-corrected chi connectivity index (χ3v) is 6.63. The normalized spacial score (nSPS) is 14.1. The number of benzene rings is 2. The van der Waals surface area contributed by atoms with Crippen LogP contribution in [-0.2, 0) is 4.79 Å². The first kappa shape index (κ1) is 22.1. The van der Waals surface area contributed by atoms with Crippen molar-refractivity contribution >= 4 is 29.3 Å². The summed E-state index contributed by atoms with van der Waals surface area (Å²) in [5.41, 5.74) is 1.97. The van der Waals surface area contributed by atoms with E-state index in [9.17, 15) is 9.59 Å². The van der Waals surface area contributed by atoms with E-state index in [2.05, 4.69) is 20.8 Å². The Morgan fingerprint density at radius 1 is 1.03 bits per heavy atom. The largest absolute Gasteiger partial charge is 0.423 e. The molecule has 1 aliphatic carbocycles. The molecule has 4 rings (SSSR count). The number of thioether (sulfide) groups is 1. The van der Waals surface area contributed by atoms with Gasteiger partial charge in [-0.05, 0) is 55.2 Å². The summed E-state index contributed by atoms with van der Waals surface area (Å²) in [5.74, 6) is 1.10. The summed E-state index contributed by atoms with van der Waals surface area (Å²) < 4.78 is 5.18. The Labute approximate surface area is 191 Å². The van der Waals surface area contributed by atoms with Crippen molar-refractivity contribution in [1.82, 2.24) is 15.5 Å². The lowest BCUT2D eigenvalue weighted by molar-refractivity contribution is -0.118. The molecule has 0 spiro atoms. The Bertz CT molecular complexity index is 1030. The lowest BCUT2D eigenvalue weighted by Gasteiger charge is -2.21. The van der Waals surface area contributed by atoms with Gasteiger partial charge in [0.2, 0.25) is 18.2 Å². The number of nitrogens with one attached hydrogen (secondary N) is 2. The van der Waals surface area contributed by atoms with E-state index in [-0.39, 0.29) is 17.6 Å². The average molecular weight is 451 g/mol. The maximum Gasteiger partial charge on any atom is 0.256 e. The van der Waals surface area contributed by atoms with Crippen LogP contribution in [0.25, 0.3) is 11.5 Å². The minimum atomic E-state index is -0.221. The van der Waals surface area contributed by atoms with Crippen molar-refractivity contribution in [3.05, 3.63) is 60.5 Å². The number of hydrogen-bond donors (Lipinski definition) is 2. The highest BCUT2D eigenvalue weighted by Gasteiger charge is 2.16. The summed E-state index contributed by atoms with van der Waals surface area (Å²) in [5, 5.41) is 13.5. The number of hydrogen-bond acceptors (Lipinski definition) is 6. The highest BCUT2D eigenvalue weighted by molar-refractivity contribution is 8.00. The molecule has 166 valence electrons. The quantitative estimate of drug-likeness (QED) is 0.480. The van der Waals surface area contributed by atoms with Gasteiger partial charge in [0.15, 0.2) is 0 Å². The van der Waals surface area contributed by atoms with Crippen molar-refractivity contribution in [2.75, 3.05) is 17.6 Å². The summed E-state index contributed by atoms with van der Waals surface area (Å²) in [6.45, 7) is 0.751. The average Bonchev–Trinajstić information content (AvgIpc) is 3.38. The topological polar surface area (TPSA) is 97.1 Å². The first-order valence-electron chi connectivity index (χ1n) is 10.9. The van der Waals surface area contributed by atoms with Crippen LogP contribution in [-0.4, -0.2) is 34.3 Å². The number of anilines is 1. The molecule has 32 heavy (non-hydrogen) atoms. The van der Waals surface area contributed by atoms with Gasteiger partial charge in [0, 0.05) is 22.7 Å². The van der Waals surface area contributed by atoms with Gasteiger partial charge in [-0.25, -0.2) is 0 Å². The van der Waals surface area contributed by atoms with Crippen molar-refractivity contribution in [2.24, 2.45) is 5.92 Å². The Balaban J connectivity index is 1.32. The van der Waals surface area contributed by atoms with E-state index < -0.39 is 0 Å². The zero-order valence-corrected chi connectivity index (χ0v) is 18.6. The first-order chi connectivity index (χ1) is 15.7. The zero-order chi connectivity index (χ0) is 22.2. The van der Waals surface area contributed by atoms with Crippen LogP contribution in [0, 0.1) is 5.92 Å². The van der Waals surface area contributed by atoms with E-state index in [4.69, 9.17) is 4.42 Å². The molecule has 2 amide bonds. The molecule has 1 aromatic heterocycles. The highest BCUT2D eigenvalue weighted by atomic mass is 32.2. The van der Waals surface area contributed by atoms with Gasteiger partial charge in [0.25, 0.3) is 5.91 Å². The van der Waals surface area contributed by atoms with Gasteiger partial charge in [0.1, 0.15) is 0 Å². The third-order valence-electron chi connectivity index (χ3n) is 5.55. The number of aromatic nitrogens is 2. The molecule has 2 aromatic carbocycles. The van der Waals surface area contributed by atoms with E-state index in [0.717, 1.165) is 17.0 Å². The van der Waals surface area contributed by atoms with E-state index in [1.807, 2.05) is 18.2 Å². The molecule has 0 radical (unpaired) electrons. The molecule has 0 atom stereocenters. The van der Waals surface area contributed by atoms with Crippen LogP contribution in [0.2, 0.25) is 0 Å². The standard InChI is InChI=1S/C24H26N4O3S/c29-22(25-14-17-6-2-1-3-7-17)15-32-21-9-5-4-8-20(21)23(30)27-19-12-10-18(11-13-19)24-28-26-16-31-24/h4-5,8-13,16-17H,1-3,6-7,14-15H2,(H,25,29)(H,27,30). The highest BCUT2D eigenvalue weighted by Crippen LogP contribution is 2.25. The Kier molecular flexibility index (Phi) is 7.55. The molecule has 2 N–H and O–H groups in total. The van der Waals surface area contributed by atoms with Gasteiger partial charge in [-0.2, -0.15) is 0 Å². The number of nitrogens with zero attached hydrogens (tertiary/aromatic N) is 2. The molecule has 0 unspecified atom stereocenters. The number of amides is 2. The molecule has 0 saturated heterocycles. The molecule has 0 aliphatic heterocycles. The molecule has 1 heterocycles. The Hall–Kier alpha value is -3.13. The van der Waals surface area contributed by atoms with Crippen LogP contribution >= 0.6 is 11.8 Å². The van der Waals surface area contributed by atoms with E-state index in [1.54, 1.807) is 30.3 Å². The van der Waals surface area contributed by atoms with Gasteiger partial charge in [0.05, 0.1) is 11.3 Å². The summed E-state index contributed by atoms with van der Waals surface area (Å²) in [6.07, 6.45) is 7.51. The van der Waals surface area contributed by atoms with Gasteiger partial charge in [-0.3, -0.25) is 9.59 Å². The van der Waals surface area contributed by atoms with Crippen molar-refractivity contribution in [2.45, 2.75) is 37.0 Å². The molecule has 7 nitrogen and oxygen atoms in total. The molecule has 1 aliphatic rings. The lowest BCUT2D eigenvalue weighted by atomic mass is 9.89. The fraction of sp³-hybridized carbons (Fsp3) is 0.333. The molecule has 0 bridgehead atoms. The lowest BCUT2D eigenvalue weighted by Crippen LogP contribution is -2.31. The van der Waals surface area contributed by atoms with Crippen LogP contribution in [0.1, 0.15) is 42.5 Å². The molecular formula is C24H26N4O3S. The van der Waals surface area contributed by atoms with Gasteiger partial charge >= 0.3 is 0 Å². The van der Waals surface area contributed by atoms with E-state index in [0.29, 0.717) is 23.1 Å². The van der Waals surface area contributed by atoms with Gasteiger partial charge in [-0.1, -0.05) is 31.4 Å². The van der Waals surface area contributed by atoms with Crippen molar-refractivity contribution < 1.29 is 14.0 Å². The zero-order valence-electron chi connectivity index (χ0n) is 17.8. The smallest absolute Gasteiger partial charge is 0.256 e. The van der Waals surface area contributed by atoms with Gasteiger partial charge < -0.3 is 15.1 Å². The second-order valence-electron chi connectivity index (χ2n) is 7.87. The van der Waals surface area contributed by atoms with Crippen LogP contribution in [0.5, 0.6) is 0 Å². The van der Waals surface area contributed by atoms with Crippen molar-refractivity contribution in [3.8, 4) is 11.5 Å². The Morgan fingerprint density at radius 3 is 2.56 bits per heavy atom. The van der Waals surface area contributed by atoms with Crippen LogP contribution in [0.3, 0.4) is 0 Å². The van der Waals surface area contributed by atoms with E-state index in [1.165, 1.54) is 50.3 Å². The predicted octanol–water partition coefficient (Wildman–Crippen LogP) is 4.78.